The molecule has 6 nitrogen and oxygen atoms in total. The van der Waals surface area contributed by atoms with Crippen LogP contribution in [0.2, 0.25) is 0 Å². The van der Waals surface area contributed by atoms with Crippen LogP contribution in [0.5, 0.6) is 0 Å². The molecular formula is C15H26N2O4. The van der Waals surface area contributed by atoms with E-state index < -0.39 is 11.5 Å². The third-order valence-corrected chi connectivity index (χ3v) is 3.70. The second-order valence-electron chi connectivity index (χ2n) is 6.31. The Morgan fingerprint density at radius 2 is 1.90 bits per heavy atom. The van der Waals surface area contributed by atoms with Gasteiger partial charge in [-0.3, -0.25) is 14.4 Å². The highest BCUT2D eigenvalue weighted by Gasteiger charge is 2.24. The van der Waals surface area contributed by atoms with Crippen molar-refractivity contribution in [2.75, 3.05) is 13.1 Å². The van der Waals surface area contributed by atoms with Gasteiger partial charge < -0.3 is 15.3 Å². The Hall–Kier alpha value is -1.59. The van der Waals surface area contributed by atoms with Crippen molar-refractivity contribution < 1.29 is 19.5 Å². The highest BCUT2D eigenvalue weighted by atomic mass is 16.4. The molecule has 0 unspecified atom stereocenters. The second-order valence-corrected chi connectivity index (χ2v) is 6.31. The van der Waals surface area contributed by atoms with Crippen LogP contribution in [0.3, 0.4) is 0 Å². The van der Waals surface area contributed by atoms with E-state index in [9.17, 15) is 14.4 Å². The molecule has 1 fully saturated rings. The Labute approximate surface area is 125 Å². The second kappa shape index (κ2) is 8.00. The number of carboxylic acids is 1. The Bertz CT molecular complexity index is 393. The first-order valence-corrected chi connectivity index (χ1v) is 7.61. The normalized spacial score (nSPS) is 17.0. The minimum atomic E-state index is -0.878. The monoisotopic (exact) mass is 298 g/mol. The van der Waals surface area contributed by atoms with E-state index in [2.05, 4.69) is 5.32 Å². The highest BCUT2D eigenvalue weighted by Crippen LogP contribution is 2.13. The van der Waals surface area contributed by atoms with E-state index in [0.717, 1.165) is 25.7 Å². The van der Waals surface area contributed by atoms with Crippen LogP contribution in [0, 0.1) is 0 Å². The molecule has 1 aliphatic rings. The van der Waals surface area contributed by atoms with Crippen LogP contribution < -0.4 is 5.32 Å². The zero-order chi connectivity index (χ0) is 15.9. The highest BCUT2D eigenvalue weighted by molar-refractivity contribution is 5.85. The van der Waals surface area contributed by atoms with Gasteiger partial charge in [0.05, 0.1) is 6.54 Å². The summed E-state index contributed by atoms with van der Waals surface area (Å²) >= 11 is 0. The summed E-state index contributed by atoms with van der Waals surface area (Å²) in [5.74, 6) is -1.07. The molecule has 21 heavy (non-hydrogen) atoms. The molecule has 1 saturated heterocycles. The fourth-order valence-electron chi connectivity index (χ4n) is 2.45. The van der Waals surface area contributed by atoms with Crippen LogP contribution in [0.4, 0.5) is 0 Å². The Kier molecular flexibility index (Phi) is 6.65. The molecule has 1 rings (SSSR count). The van der Waals surface area contributed by atoms with Crippen molar-refractivity contribution in [1.82, 2.24) is 10.2 Å². The zero-order valence-electron chi connectivity index (χ0n) is 13.0. The van der Waals surface area contributed by atoms with Crippen LogP contribution in [0.15, 0.2) is 0 Å². The van der Waals surface area contributed by atoms with E-state index in [-0.39, 0.29) is 24.8 Å². The number of hydrogen-bond donors (Lipinski definition) is 2. The lowest BCUT2D eigenvalue weighted by Gasteiger charge is -2.29. The molecule has 0 bridgehead atoms. The third kappa shape index (κ3) is 7.11. The maximum atomic E-state index is 12.1. The van der Waals surface area contributed by atoms with Crippen molar-refractivity contribution in [3.8, 4) is 0 Å². The van der Waals surface area contributed by atoms with Gasteiger partial charge in [0.15, 0.2) is 0 Å². The Balaban J connectivity index is 2.46. The number of amides is 2. The van der Waals surface area contributed by atoms with Crippen molar-refractivity contribution in [2.24, 2.45) is 0 Å². The van der Waals surface area contributed by atoms with E-state index >= 15 is 0 Å². The van der Waals surface area contributed by atoms with Crippen LogP contribution >= 0.6 is 0 Å². The molecule has 0 aliphatic carbocycles. The summed E-state index contributed by atoms with van der Waals surface area (Å²) in [6, 6.07) is 0. The van der Waals surface area contributed by atoms with Gasteiger partial charge >= 0.3 is 5.97 Å². The lowest BCUT2D eigenvalue weighted by molar-refractivity contribution is -0.138. The fraction of sp³-hybridized carbons (Fsp3) is 0.800. The predicted octanol–water partition coefficient (Wildman–Crippen LogP) is 1.54. The molecule has 0 aromatic heterocycles. The summed E-state index contributed by atoms with van der Waals surface area (Å²) in [4.78, 5) is 36.2. The van der Waals surface area contributed by atoms with Crippen molar-refractivity contribution in [1.29, 1.82) is 0 Å². The summed E-state index contributed by atoms with van der Waals surface area (Å²) in [5.41, 5.74) is -0.582. The van der Waals surface area contributed by atoms with Crippen LogP contribution in [-0.2, 0) is 14.4 Å². The van der Waals surface area contributed by atoms with Gasteiger partial charge in [0.2, 0.25) is 11.8 Å². The summed E-state index contributed by atoms with van der Waals surface area (Å²) in [6.45, 7) is 4.28. The van der Waals surface area contributed by atoms with E-state index in [1.165, 1.54) is 0 Å². The van der Waals surface area contributed by atoms with Gasteiger partial charge in [-0.05, 0) is 33.1 Å². The van der Waals surface area contributed by atoms with Gasteiger partial charge in [0.1, 0.15) is 0 Å². The van der Waals surface area contributed by atoms with Gasteiger partial charge in [-0.25, -0.2) is 0 Å². The van der Waals surface area contributed by atoms with Gasteiger partial charge in [0, 0.05) is 24.9 Å². The first kappa shape index (κ1) is 17.5. The average Bonchev–Trinajstić information content (AvgIpc) is 2.36. The molecule has 2 N–H and O–H groups in total. The number of carbonyl (C=O) groups is 3. The summed E-state index contributed by atoms with van der Waals surface area (Å²) in [6.07, 6.45) is 4.87. The minimum absolute atomic E-state index is 0.00985. The van der Waals surface area contributed by atoms with Gasteiger partial charge in [-0.2, -0.15) is 0 Å². The number of nitrogens with zero attached hydrogens (tertiary/aromatic N) is 1. The Morgan fingerprint density at radius 1 is 1.24 bits per heavy atom. The molecule has 0 aromatic carbocycles. The maximum Gasteiger partial charge on any atom is 0.303 e. The first-order chi connectivity index (χ1) is 9.80. The van der Waals surface area contributed by atoms with Crippen molar-refractivity contribution in [3.05, 3.63) is 0 Å². The molecule has 120 valence electrons. The summed E-state index contributed by atoms with van der Waals surface area (Å²) in [7, 11) is 0. The van der Waals surface area contributed by atoms with Crippen LogP contribution in [0.25, 0.3) is 0 Å². The third-order valence-electron chi connectivity index (χ3n) is 3.70. The van der Waals surface area contributed by atoms with Crippen molar-refractivity contribution in [2.45, 2.75) is 64.3 Å². The number of rotatable bonds is 6. The number of nitrogens with one attached hydrogen (secondary N) is 1. The molecule has 2 amide bonds. The topological polar surface area (TPSA) is 86.7 Å². The predicted molar refractivity (Wildman–Crippen MR) is 78.8 cm³/mol. The molecule has 1 heterocycles. The minimum Gasteiger partial charge on any atom is -0.481 e. The van der Waals surface area contributed by atoms with E-state index in [4.69, 9.17) is 5.11 Å². The van der Waals surface area contributed by atoms with Crippen LogP contribution in [0.1, 0.15) is 58.8 Å². The molecule has 0 saturated carbocycles. The summed E-state index contributed by atoms with van der Waals surface area (Å²) < 4.78 is 0. The van der Waals surface area contributed by atoms with Gasteiger partial charge in [-0.1, -0.05) is 12.8 Å². The molecule has 0 radical (unpaired) electrons. The maximum absolute atomic E-state index is 12.1. The lowest BCUT2D eigenvalue weighted by Crippen LogP contribution is -2.49. The average molecular weight is 298 g/mol. The number of likely N-dealkylation sites (tertiary alicyclic amines) is 1. The number of carboxylic acid groups (broad SMARTS) is 1. The molecule has 6 heteroatoms. The first-order valence-electron chi connectivity index (χ1n) is 7.61. The molecule has 1 aliphatic heterocycles. The largest absolute Gasteiger partial charge is 0.481 e. The number of carbonyl (C=O) groups excluding carboxylic acids is 2. The molecule has 0 spiro atoms. The number of aliphatic carboxylic acids is 1. The van der Waals surface area contributed by atoms with Gasteiger partial charge in [0.25, 0.3) is 0 Å². The Morgan fingerprint density at radius 3 is 2.57 bits per heavy atom. The van der Waals surface area contributed by atoms with Gasteiger partial charge in [-0.15, -0.1) is 0 Å². The quantitative estimate of drug-likeness (QED) is 0.778. The molecule has 0 aromatic rings. The lowest BCUT2D eigenvalue weighted by atomic mass is 9.98. The van der Waals surface area contributed by atoms with E-state index in [0.29, 0.717) is 19.4 Å². The van der Waals surface area contributed by atoms with Crippen molar-refractivity contribution >= 4 is 17.8 Å². The fourth-order valence-corrected chi connectivity index (χ4v) is 2.45. The van der Waals surface area contributed by atoms with Crippen LogP contribution in [-0.4, -0.2) is 46.4 Å². The van der Waals surface area contributed by atoms with E-state index in [1.807, 2.05) is 0 Å². The number of hydrogen-bond acceptors (Lipinski definition) is 3. The van der Waals surface area contributed by atoms with Crippen molar-refractivity contribution in [3.63, 3.8) is 0 Å². The van der Waals surface area contributed by atoms with E-state index in [1.54, 1.807) is 18.7 Å². The molecular weight excluding hydrogens is 272 g/mol. The summed E-state index contributed by atoms with van der Waals surface area (Å²) in [5, 5.41) is 11.5. The molecule has 0 atom stereocenters. The SMILES string of the molecule is CC(C)(CCC(=O)O)NC(=O)CN1CCCCCCC1=O. The smallest absolute Gasteiger partial charge is 0.303 e. The zero-order valence-corrected chi connectivity index (χ0v) is 13.0. The standard InChI is InChI=1S/C15H26N2O4/c1-15(2,9-8-14(20)21)16-12(18)11-17-10-6-4-3-5-7-13(17)19/h3-11H2,1-2H3,(H,16,18)(H,20,21).